The van der Waals surface area contributed by atoms with Crippen LogP contribution in [0.25, 0.3) is 0 Å². The highest BCUT2D eigenvalue weighted by atomic mass is 16.6. The molecule has 0 heterocycles. The van der Waals surface area contributed by atoms with Crippen molar-refractivity contribution in [2.45, 2.75) is 33.2 Å². The maximum atomic E-state index is 12.1. The van der Waals surface area contributed by atoms with Crippen molar-refractivity contribution in [1.82, 2.24) is 5.32 Å². The number of nitrogens with one attached hydrogen (secondary N) is 1. The molecule has 0 aromatic heterocycles. The quantitative estimate of drug-likeness (QED) is 0.616. The molecular formula is C14H20N2O4. The van der Waals surface area contributed by atoms with Crippen molar-refractivity contribution in [2.75, 3.05) is 6.61 Å². The Balaban J connectivity index is 2.92. The van der Waals surface area contributed by atoms with Crippen molar-refractivity contribution >= 4 is 11.6 Å². The molecule has 1 amide bonds. The van der Waals surface area contributed by atoms with Crippen LogP contribution < -0.4 is 5.32 Å². The molecular weight excluding hydrogens is 260 g/mol. The molecule has 1 rings (SSSR count). The first kappa shape index (κ1) is 16.1. The van der Waals surface area contributed by atoms with Crippen molar-refractivity contribution in [2.24, 2.45) is 5.92 Å². The maximum absolute atomic E-state index is 12.1. The summed E-state index contributed by atoms with van der Waals surface area (Å²) in [5, 5.41) is 22.6. The number of carbonyl (C=O) groups excluding carboxylic acids is 1. The van der Waals surface area contributed by atoms with Crippen LogP contribution in [0, 0.1) is 23.0 Å². The lowest BCUT2D eigenvalue weighted by Crippen LogP contribution is -2.39. The number of amides is 1. The van der Waals surface area contributed by atoms with Gasteiger partial charge in [-0.25, -0.2) is 0 Å². The van der Waals surface area contributed by atoms with Gasteiger partial charge < -0.3 is 10.4 Å². The van der Waals surface area contributed by atoms with Gasteiger partial charge in [-0.15, -0.1) is 0 Å². The maximum Gasteiger partial charge on any atom is 0.273 e. The minimum Gasteiger partial charge on any atom is -0.396 e. The topological polar surface area (TPSA) is 92.5 Å². The van der Waals surface area contributed by atoms with Gasteiger partial charge in [0, 0.05) is 29.8 Å². The molecule has 1 aromatic rings. The van der Waals surface area contributed by atoms with Gasteiger partial charge in [0.1, 0.15) is 0 Å². The van der Waals surface area contributed by atoms with E-state index in [0.29, 0.717) is 12.0 Å². The third-order valence-corrected chi connectivity index (χ3v) is 3.23. The molecule has 0 aliphatic heterocycles. The average Bonchev–Trinajstić information content (AvgIpc) is 2.38. The molecule has 0 saturated heterocycles. The van der Waals surface area contributed by atoms with E-state index in [1.165, 1.54) is 6.07 Å². The number of nitrogens with zero attached hydrogens (tertiary/aromatic N) is 1. The van der Waals surface area contributed by atoms with Crippen LogP contribution >= 0.6 is 0 Å². The summed E-state index contributed by atoms with van der Waals surface area (Å²) in [6.45, 7) is 5.50. The molecule has 20 heavy (non-hydrogen) atoms. The van der Waals surface area contributed by atoms with Crippen molar-refractivity contribution in [1.29, 1.82) is 0 Å². The van der Waals surface area contributed by atoms with E-state index in [2.05, 4.69) is 5.32 Å². The molecule has 110 valence electrons. The van der Waals surface area contributed by atoms with Gasteiger partial charge in [-0.05, 0) is 25.3 Å². The zero-order chi connectivity index (χ0) is 15.3. The summed E-state index contributed by atoms with van der Waals surface area (Å²) in [5.74, 6) is -0.188. The Hall–Kier alpha value is -1.95. The number of rotatable bonds is 6. The lowest BCUT2D eigenvalue weighted by atomic mass is 10.0. The molecule has 0 spiro atoms. The van der Waals surface area contributed by atoms with Crippen LogP contribution in [0.2, 0.25) is 0 Å². The third kappa shape index (κ3) is 4.03. The van der Waals surface area contributed by atoms with E-state index in [-0.39, 0.29) is 35.7 Å². The smallest absolute Gasteiger partial charge is 0.273 e. The number of carbonyl (C=O) groups is 1. The van der Waals surface area contributed by atoms with Crippen LogP contribution in [0.15, 0.2) is 18.2 Å². The first-order valence-electron chi connectivity index (χ1n) is 6.53. The lowest BCUT2D eigenvalue weighted by molar-refractivity contribution is -0.385. The lowest BCUT2D eigenvalue weighted by Gasteiger charge is -2.21. The van der Waals surface area contributed by atoms with Crippen molar-refractivity contribution in [3.05, 3.63) is 39.4 Å². The van der Waals surface area contributed by atoms with Crippen LogP contribution in [0.1, 0.15) is 36.2 Å². The number of nitro benzene ring substituents is 1. The number of aliphatic hydroxyl groups excluding tert-OH is 1. The molecule has 1 unspecified atom stereocenters. The normalized spacial score (nSPS) is 12.2. The minimum absolute atomic E-state index is 0.0167. The molecule has 0 fully saturated rings. The number of benzene rings is 1. The molecule has 1 aromatic carbocycles. The fourth-order valence-corrected chi connectivity index (χ4v) is 1.91. The zero-order valence-corrected chi connectivity index (χ0v) is 11.9. The van der Waals surface area contributed by atoms with E-state index in [0.717, 1.165) is 0 Å². The molecule has 6 heteroatoms. The van der Waals surface area contributed by atoms with Gasteiger partial charge >= 0.3 is 0 Å². The predicted octanol–water partition coefficient (Wildman–Crippen LogP) is 2.04. The van der Waals surface area contributed by atoms with Gasteiger partial charge in [0.05, 0.1) is 4.92 Å². The first-order chi connectivity index (χ1) is 9.36. The number of aryl methyl sites for hydroxylation is 1. The van der Waals surface area contributed by atoms with Crippen molar-refractivity contribution < 1.29 is 14.8 Å². The van der Waals surface area contributed by atoms with Crippen molar-refractivity contribution in [3.63, 3.8) is 0 Å². The summed E-state index contributed by atoms with van der Waals surface area (Å²) in [6.07, 6.45) is 0.456. The Morgan fingerprint density at radius 3 is 2.60 bits per heavy atom. The summed E-state index contributed by atoms with van der Waals surface area (Å²) in [4.78, 5) is 22.5. The molecule has 2 N–H and O–H groups in total. The molecule has 0 saturated carbocycles. The molecule has 0 aliphatic carbocycles. The Bertz CT molecular complexity index is 500. The summed E-state index contributed by atoms with van der Waals surface area (Å²) in [7, 11) is 0. The highest BCUT2D eigenvalue weighted by Gasteiger charge is 2.19. The van der Waals surface area contributed by atoms with Crippen LogP contribution in [0.3, 0.4) is 0 Å². The summed E-state index contributed by atoms with van der Waals surface area (Å²) in [6, 6.07) is 4.24. The Morgan fingerprint density at radius 2 is 2.10 bits per heavy atom. The van der Waals surface area contributed by atoms with E-state index >= 15 is 0 Å². The second-order valence-corrected chi connectivity index (χ2v) is 5.09. The van der Waals surface area contributed by atoms with Crippen LogP contribution in [-0.2, 0) is 0 Å². The molecule has 0 aliphatic rings. The zero-order valence-electron chi connectivity index (χ0n) is 11.9. The molecule has 1 atom stereocenters. The van der Waals surface area contributed by atoms with Crippen LogP contribution in [0.5, 0.6) is 0 Å². The Labute approximate surface area is 118 Å². The second-order valence-electron chi connectivity index (χ2n) is 5.09. The van der Waals surface area contributed by atoms with Crippen LogP contribution in [0.4, 0.5) is 5.69 Å². The fraction of sp³-hybridized carbons (Fsp3) is 0.500. The number of aliphatic hydroxyl groups is 1. The van der Waals surface area contributed by atoms with Gasteiger partial charge in [-0.3, -0.25) is 14.9 Å². The van der Waals surface area contributed by atoms with E-state index in [1.807, 2.05) is 13.8 Å². The SMILES string of the molecule is Cc1ccc(C(=O)NC(CCO)C(C)C)cc1[N+](=O)[O-]. The number of hydrogen-bond acceptors (Lipinski definition) is 4. The molecule has 0 bridgehead atoms. The average molecular weight is 280 g/mol. The van der Waals surface area contributed by atoms with Gasteiger partial charge in [0.2, 0.25) is 0 Å². The predicted molar refractivity (Wildman–Crippen MR) is 75.6 cm³/mol. The summed E-state index contributed by atoms with van der Waals surface area (Å²) < 4.78 is 0. The van der Waals surface area contributed by atoms with Gasteiger partial charge in [0.25, 0.3) is 11.6 Å². The first-order valence-corrected chi connectivity index (χ1v) is 6.53. The second kappa shape index (κ2) is 7.00. The van der Waals surface area contributed by atoms with Gasteiger partial charge in [-0.2, -0.15) is 0 Å². The largest absolute Gasteiger partial charge is 0.396 e. The molecule has 6 nitrogen and oxygen atoms in total. The van der Waals surface area contributed by atoms with E-state index in [9.17, 15) is 14.9 Å². The van der Waals surface area contributed by atoms with Crippen LogP contribution in [-0.4, -0.2) is 28.6 Å². The standard InChI is InChI=1S/C14H20N2O4/c1-9(2)12(6-7-17)15-14(18)11-5-4-10(3)13(8-11)16(19)20/h4-5,8-9,12,17H,6-7H2,1-3H3,(H,15,18). The Kier molecular flexibility index (Phi) is 5.64. The Morgan fingerprint density at radius 1 is 1.45 bits per heavy atom. The number of nitro groups is 1. The van der Waals surface area contributed by atoms with E-state index in [4.69, 9.17) is 5.11 Å². The third-order valence-electron chi connectivity index (χ3n) is 3.23. The van der Waals surface area contributed by atoms with E-state index in [1.54, 1.807) is 19.1 Å². The summed E-state index contributed by atoms with van der Waals surface area (Å²) >= 11 is 0. The summed E-state index contributed by atoms with van der Waals surface area (Å²) in [5.41, 5.74) is 0.703. The fourth-order valence-electron chi connectivity index (χ4n) is 1.91. The highest BCUT2D eigenvalue weighted by Crippen LogP contribution is 2.19. The highest BCUT2D eigenvalue weighted by molar-refractivity contribution is 5.95. The van der Waals surface area contributed by atoms with Gasteiger partial charge in [0.15, 0.2) is 0 Å². The van der Waals surface area contributed by atoms with Crippen molar-refractivity contribution in [3.8, 4) is 0 Å². The number of hydrogen-bond donors (Lipinski definition) is 2. The monoisotopic (exact) mass is 280 g/mol. The van der Waals surface area contributed by atoms with Gasteiger partial charge in [-0.1, -0.05) is 19.9 Å². The van der Waals surface area contributed by atoms with E-state index < -0.39 is 4.92 Å². The minimum atomic E-state index is -0.500. The molecule has 0 radical (unpaired) electrons.